The van der Waals surface area contributed by atoms with Gasteiger partial charge in [-0.1, -0.05) is 48.5 Å². The van der Waals surface area contributed by atoms with Crippen molar-refractivity contribution >= 4 is 23.3 Å². The van der Waals surface area contributed by atoms with Crippen molar-refractivity contribution in [2.24, 2.45) is 28.5 Å². The number of aliphatic hydroxyl groups excluding tert-OH is 1. The first-order valence-corrected chi connectivity index (χ1v) is 13.2. The molecule has 7 nitrogen and oxygen atoms in total. The smallest absolute Gasteiger partial charge is 0.389 e. The maximum atomic E-state index is 13.5. The first kappa shape index (κ1) is 30.3. The van der Waals surface area contributed by atoms with Gasteiger partial charge in [0.2, 0.25) is 17.7 Å². The Morgan fingerprint density at radius 2 is 1.76 bits per heavy atom. The minimum absolute atomic E-state index is 0.236. The number of amides is 2. The molecular formula is C29H30F5N3O4. The van der Waals surface area contributed by atoms with E-state index in [-0.39, 0.29) is 19.4 Å². The average Bonchev–Trinajstić information content (AvgIpc) is 3.02. The molecule has 220 valence electrons. The molecule has 0 spiro atoms. The fourth-order valence-corrected chi connectivity index (χ4v) is 5.56. The van der Waals surface area contributed by atoms with Crippen LogP contribution in [0.4, 0.5) is 22.0 Å². The maximum absolute atomic E-state index is 13.5. The van der Waals surface area contributed by atoms with Gasteiger partial charge in [0.05, 0.1) is 12.3 Å². The molecule has 0 unspecified atom stereocenters. The van der Waals surface area contributed by atoms with Crippen LogP contribution in [-0.2, 0) is 27.4 Å². The van der Waals surface area contributed by atoms with Crippen molar-refractivity contribution in [1.29, 1.82) is 0 Å². The summed E-state index contributed by atoms with van der Waals surface area (Å²) in [6, 6.07) is 13.7. The summed E-state index contributed by atoms with van der Waals surface area (Å²) in [4.78, 5) is 43.7. The molecule has 2 amide bonds. The predicted octanol–water partition coefficient (Wildman–Crippen LogP) is 4.08. The Hall–Kier alpha value is -3.67. The Labute approximate surface area is 233 Å². The van der Waals surface area contributed by atoms with Crippen molar-refractivity contribution < 1.29 is 41.4 Å². The van der Waals surface area contributed by atoms with Crippen LogP contribution in [0.15, 0.2) is 53.5 Å². The van der Waals surface area contributed by atoms with Gasteiger partial charge in [-0.15, -0.1) is 0 Å². The van der Waals surface area contributed by atoms with Crippen molar-refractivity contribution in [2.45, 2.75) is 63.4 Å². The number of primary amides is 1. The summed E-state index contributed by atoms with van der Waals surface area (Å²) in [5.74, 6) is -9.41. The zero-order chi connectivity index (χ0) is 29.9. The topological polar surface area (TPSA) is 122 Å². The number of ketones is 1. The van der Waals surface area contributed by atoms with Crippen LogP contribution in [0, 0.1) is 17.8 Å². The second kappa shape index (κ2) is 12.1. The van der Waals surface area contributed by atoms with Gasteiger partial charge in [0.1, 0.15) is 0 Å². The zero-order valence-electron chi connectivity index (χ0n) is 22.0. The van der Waals surface area contributed by atoms with Crippen LogP contribution < -0.4 is 11.1 Å². The van der Waals surface area contributed by atoms with E-state index >= 15 is 0 Å². The van der Waals surface area contributed by atoms with Crippen molar-refractivity contribution in [3.8, 4) is 0 Å². The van der Waals surface area contributed by atoms with Gasteiger partial charge in [0, 0.05) is 48.6 Å². The number of carbonyl (C=O) groups excluding carboxylic acids is 3. The Balaban J connectivity index is 1.67. The Kier molecular flexibility index (Phi) is 8.91. The fourth-order valence-electron chi connectivity index (χ4n) is 5.56. The van der Waals surface area contributed by atoms with Crippen LogP contribution in [-0.4, -0.2) is 46.7 Å². The number of nitrogens with two attached hydrogens (primary N) is 1. The maximum Gasteiger partial charge on any atom is 0.389 e. The summed E-state index contributed by atoms with van der Waals surface area (Å²) >= 11 is 0. The molecule has 1 saturated carbocycles. The van der Waals surface area contributed by atoms with E-state index in [4.69, 9.17) is 5.73 Å². The quantitative estimate of drug-likeness (QED) is 0.367. The van der Waals surface area contributed by atoms with Gasteiger partial charge in [-0.25, -0.2) is 8.78 Å². The van der Waals surface area contributed by atoms with Gasteiger partial charge in [-0.3, -0.25) is 19.4 Å². The highest BCUT2D eigenvalue weighted by Gasteiger charge is 2.48. The van der Waals surface area contributed by atoms with Gasteiger partial charge in [0.25, 0.3) is 0 Å². The number of hydrogen-bond donors (Lipinski definition) is 3. The number of nitrogens with one attached hydrogen (secondary N) is 1. The summed E-state index contributed by atoms with van der Waals surface area (Å²) in [5, 5.41) is 12.3. The number of aliphatic imine (C=N–C) groups is 1. The summed E-state index contributed by atoms with van der Waals surface area (Å²) in [7, 11) is 0. The number of fused-ring (bicyclic) bond motifs is 1. The highest BCUT2D eigenvalue weighted by Crippen LogP contribution is 2.46. The molecule has 1 heterocycles. The number of Topliss-reactive ketones (excluding diaryl/α,β-unsaturated/α-hetero) is 1. The van der Waals surface area contributed by atoms with E-state index in [1.165, 1.54) is 0 Å². The Bertz CT molecular complexity index is 1320. The lowest BCUT2D eigenvalue weighted by atomic mass is 9.72. The van der Waals surface area contributed by atoms with Crippen molar-refractivity contribution in [2.75, 3.05) is 0 Å². The van der Waals surface area contributed by atoms with Gasteiger partial charge < -0.3 is 16.2 Å². The number of carbonyl (C=O) groups is 3. The molecule has 0 aromatic heterocycles. The third-order valence-corrected chi connectivity index (χ3v) is 7.63. The zero-order valence-corrected chi connectivity index (χ0v) is 22.0. The average molecular weight is 580 g/mol. The first-order chi connectivity index (χ1) is 19.3. The highest BCUT2D eigenvalue weighted by molar-refractivity contribution is 6.16. The summed E-state index contributed by atoms with van der Waals surface area (Å²) in [5.41, 5.74) is 7.90. The molecule has 4 rings (SSSR count). The highest BCUT2D eigenvalue weighted by atomic mass is 19.4. The lowest BCUT2D eigenvalue weighted by molar-refractivity contribution is -0.149. The molecule has 1 aliphatic heterocycles. The SMILES string of the molecule is NC(=O)[C@@H](CC1CC(F)(F)C1)[C@@H](CCC(F)(F)F)C(=O)N[C@H]1N=C(c2ccccc2)c2cccc(CO)c2CC1=O. The standard InChI is InChI=1S/C29H30F5N3O4/c30-28(31)13-16(14-28)11-22(25(35)40)20(9-10-29(32,33)34)27(41)37-26-23(39)12-21-18(15-38)7-4-8-19(21)24(36-26)17-5-2-1-3-6-17/h1-8,16,20,22,26,38H,9-15H2,(H2,35,40)(H,37,41)/t20-,22+,26-/m1/s1. The van der Waals surface area contributed by atoms with Crippen molar-refractivity contribution in [1.82, 2.24) is 5.32 Å². The van der Waals surface area contributed by atoms with Crippen LogP contribution in [0.2, 0.25) is 0 Å². The summed E-state index contributed by atoms with van der Waals surface area (Å²) in [6.45, 7) is -0.366. The molecule has 12 heteroatoms. The van der Waals surface area contributed by atoms with Gasteiger partial charge in [-0.05, 0) is 29.9 Å². The number of rotatable bonds is 10. The van der Waals surface area contributed by atoms with E-state index in [9.17, 15) is 41.4 Å². The van der Waals surface area contributed by atoms with Crippen LogP contribution in [0.3, 0.4) is 0 Å². The first-order valence-electron chi connectivity index (χ1n) is 13.2. The Morgan fingerprint density at radius 3 is 2.34 bits per heavy atom. The third kappa shape index (κ3) is 7.35. The van der Waals surface area contributed by atoms with Crippen LogP contribution in [0.5, 0.6) is 0 Å². The van der Waals surface area contributed by atoms with Crippen molar-refractivity contribution in [3.05, 3.63) is 70.8 Å². The molecular weight excluding hydrogens is 549 g/mol. The lowest BCUT2D eigenvalue weighted by Gasteiger charge is -2.38. The molecule has 1 fully saturated rings. The minimum Gasteiger partial charge on any atom is -0.392 e. The van der Waals surface area contributed by atoms with E-state index in [0.717, 1.165) is 0 Å². The number of alkyl halides is 5. The normalized spacial score (nSPS) is 20.2. The van der Waals surface area contributed by atoms with Gasteiger partial charge in [0.15, 0.2) is 11.9 Å². The molecule has 41 heavy (non-hydrogen) atoms. The fraction of sp³-hybridized carbons (Fsp3) is 0.448. The molecule has 2 aromatic carbocycles. The number of hydrogen-bond acceptors (Lipinski definition) is 5. The number of nitrogens with zero attached hydrogens (tertiary/aromatic N) is 1. The second-order valence-corrected chi connectivity index (χ2v) is 10.6. The van der Waals surface area contributed by atoms with E-state index in [2.05, 4.69) is 10.3 Å². The molecule has 0 bridgehead atoms. The molecule has 1 aliphatic carbocycles. The van der Waals surface area contributed by atoms with E-state index in [1.54, 1.807) is 48.5 Å². The lowest BCUT2D eigenvalue weighted by Crippen LogP contribution is -2.48. The predicted molar refractivity (Wildman–Crippen MR) is 139 cm³/mol. The van der Waals surface area contributed by atoms with Gasteiger partial charge >= 0.3 is 6.18 Å². The van der Waals surface area contributed by atoms with Crippen LogP contribution in [0.1, 0.15) is 54.4 Å². The molecule has 4 N–H and O–H groups in total. The number of halogens is 5. The van der Waals surface area contributed by atoms with Crippen LogP contribution >= 0.6 is 0 Å². The molecule has 0 radical (unpaired) electrons. The van der Waals surface area contributed by atoms with E-state index < -0.39 is 79.3 Å². The molecule has 0 saturated heterocycles. The number of benzene rings is 2. The second-order valence-electron chi connectivity index (χ2n) is 10.6. The third-order valence-electron chi connectivity index (χ3n) is 7.63. The van der Waals surface area contributed by atoms with Gasteiger partial charge in [-0.2, -0.15) is 13.2 Å². The minimum atomic E-state index is -4.66. The van der Waals surface area contributed by atoms with E-state index in [1.807, 2.05) is 0 Å². The Morgan fingerprint density at radius 1 is 1.07 bits per heavy atom. The van der Waals surface area contributed by atoms with Crippen molar-refractivity contribution in [3.63, 3.8) is 0 Å². The van der Waals surface area contributed by atoms with E-state index in [0.29, 0.717) is 28.0 Å². The monoisotopic (exact) mass is 579 g/mol. The summed E-state index contributed by atoms with van der Waals surface area (Å²) in [6.07, 6.45) is -10.0. The molecule has 3 atom stereocenters. The van der Waals surface area contributed by atoms with Crippen LogP contribution in [0.25, 0.3) is 0 Å². The number of aliphatic hydroxyl groups is 1. The molecule has 2 aromatic rings. The largest absolute Gasteiger partial charge is 0.392 e. The summed E-state index contributed by atoms with van der Waals surface area (Å²) < 4.78 is 66.4. The molecule has 2 aliphatic rings.